The number of fused-ring (bicyclic) bond motifs is 1. The number of aryl methyl sites for hydroxylation is 1. The number of halogens is 1. The van der Waals surface area contributed by atoms with Gasteiger partial charge in [0.25, 0.3) is 5.91 Å². The van der Waals surface area contributed by atoms with Crippen LogP contribution in [0.5, 0.6) is 0 Å². The molecule has 44 heavy (non-hydrogen) atoms. The van der Waals surface area contributed by atoms with E-state index in [0.717, 1.165) is 44.5 Å². The number of pyridine rings is 1. The molecule has 2 aromatic heterocycles. The van der Waals surface area contributed by atoms with E-state index in [1.807, 2.05) is 55.7 Å². The number of hydrogen-bond donors (Lipinski definition) is 3. The fraction of sp³-hybridized carbons (Fsp3) is 0.297. The maximum absolute atomic E-state index is 13.8. The molecule has 226 valence electrons. The van der Waals surface area contributed by atoms with Crippen molar-refractivity contribution < 1.29 is 4.79 Å². The Bertz CT molecular complexity index is 1720. The quantitative estimate of drug-likeness (QED) is 0.125. The molecule has 7 heteroatoms. The largest absolute Gasteiger partial charge is 0.350 e. The minimum absolute atomic E-state index is 0.192. The van der Waals surface area contributed by atoms with Crippen LogP contribution in [-0.2, 0) is 20.1 Å². The third-order valence-electron chi connectivity index (χ3n) is 8.27. The van der Waals surface area contributed by atoms with Gasteiger partial charge in [0.2, 0.25) is 0 Å². The summed E-state index contributed by atoms with van der Waals surface area (Å²) in [5.41, 5.74) is 12.3. The van der Waals surface area contributed by atoms with Gasteiger partial charge in [-0.25, -0.2) is 4.98 Å². The number of nitrogens with one attached hydrogen (secondary N) is 2. The molecule has 0 radical (unpaired) electrons. The summed E-state index contributed by atoms with van der Waals surface area (Å²) >= 11 is 3.61. The summed E-state index contributed by atoms with van der Waals surface area (Å²) in [5.74, 6) is 6.90. The van der Waals surface area contributed by atoms with E-state index in [-0.39, 0.29) is 5.91 Å². The van der Waals surface area contributed by atoms with Crippen LogP contribution < -0.4 is 16.4 Å². The lowest BCUT2D eigenvalue weighted by molar-refractivity contribution is 0.0950. The molecule has 2 heterocycles. The van der Waals surface area contributed by atoms with Crippen molar-refractivity contribution in [2.75, 3.05) is 13.1 Å². The molecule has 0 saturated heterocycles. The van der Waals surface area contributed by atoms with Crippen molar-refractivity contribution in [3.63, 3.8) is 0 Å². The average molecular weight is 651 g/mol. The molecule has 4 aromatic rings. The molecular formula is C37H40BrN5O. The zero-order valence-electron chi connectivity index (χ0n) is 25.3. The summed E-state index contributed by atoms with van der Waals surface area (Å²) < 4.78 is 3.05. The van der Waals surface area contributed by atoms with Crippen molar-refractivity contribution in [3.8, 4) is 23.1 Å². The number of nitrogens with two attached hydrogens (primary N) is 1. The van der Waals surface area contributed by atoms with E-state index in [9.17, 15) is 4.79 Å². The molecule has 2 aromatic carbocycles. The summed E-state index contributed by atoms with van der Waals surface area (Å²) in [4.78, 5) is 18.7. The number of carbonyl (C=O) groups is 1. The molecule has 0 unspecified atom stereocenters. The molecule has 0 spiro atoms. The van der Waals surface area contributed by atoms with Crippen LogP contribution in [0.15, 0.2) is 71.9 Å². The maximum Gasteiger partial charge on any atom is 0.252 e. The van der Waals surface area contributed by atoms with Gasteiger partial charge in [-0.05, 0) is 78.9 Å². The third-order valence-corrected chi connectivity index (χ3v) is 8.77. The number of hydrogen-bond acceptors (Lipinski definition) is 4. The van der Waals surface area contributed by atoms with Crippen molar-refractivity contribution in [2.24, 2.45) is 18.7 Å². The lowest BCUT2D eigenvalue weighted by Gasteiger charge is -2.21. The summed E-state index contributed by atoms with van der Waals surface area (Å²) in [6, 6.07) is 16.0. The lowest BCUT2D eigenvalue weighted by atomic mass is 9.89. The van der Waals surface area contributed by atoms with Crippen molar-refractivity contribution in [1.29, 1.82) is 0 Å². The second-order valence-corrected chi connectivity index (χ2v) is 12.3. The molecule has 0 aliphatic heterocycles. The fourth-order valence-corrected chi connectivity index (χ4v) is 6.20. The van der Waals surface area contributed by atoms with Crippen LogP contribution in [0.2, 0.25) is 0 Å². The Hall–Kier alpha value is -3.96. The van der Waals surface area contributed by atoms with Crippen LogP contribution in [0.25, 0.3) is 34.3 Å². The van der Waals surface area contributed by atoms with E-state index in [1.165, 1.54) is 32.1 Å². The number of amides is 1. The Morgan fingerprint density at radius 1 is 1.14 bits per heavy atom. The standard InChI is InChI=1S/C37H40BrN5O/c1-3-34-30(12-8-5-9-19-40-23-27-10-6-4-7-11-27)32(37(44)41-24-28-15-13-26(22-39)14-16-28)21-35(42-34)33-25-43(2)36-18-17-29(38)20-31(33)36/h3,8,12-18,20-21,25,27,40H,1,4,6-7,10-11,19,22-24,39H2,2H3,(H,41,44). The fourth-order valence-electron chi connectivity index (χ4n) is 5.84. The second kappa shape index (κ2) is 15.2. The summed E-state index contributed by atoms with van der Waals surface area (Å²) in [5, 5.41) is 7.63. The minimum atomic E-state index is -0.192. The molecular weight excluding hydrogens is 610 g/mol. The van der Waals surface area contributed by atoms with Crippen molar-refractivity contribution in [2.45, 2.75) is 45.2 Å². The lowest BCUT2D eigenvalue weighted by Crippen LogP contribution is -2.24. The number of rotatable bonds is 10. The van der Waals surface area contributed by atoms with Gasteiger partial charge < -0.3 is 20.9 Å². The maximum atomic E-state index is 13.8. The number of nitrogens with zero attached hydrogens (tertiary/aromatic N) is 2. The minimum Gasteiger partial charge on any atom is -0.350 e. The molecule has 1 saturated carbocycles. The molecule has 4 N–H and O–H groups in total. The molecule has 1 fully saturated rings. The Morgan fingerprint density at radius 2 is 1.91 bits per heavy atom. The molecule has 1 aliphatic carbocycles. The first-order chi connectivity index (χ1) is 21.5. The van der Waals surface area contributed by atoms with Gasteiger partial charge in [0.05, 0.1) is 23.5 Å². The van der Waals surface area contributed by atoms with Crippen LogP contribution in [0.4, 0.5) is 0 Å². The van der Waals surface area contributed by atoms with Crippen LogP contribution in [0.3, 0.4) is 0 Å². The highest BCUT2D eigenvalue weighted by atomic mass is 79.9. The van der Waals surface area contributed by atoms with Gasteiger partial charge in [-0.2, -0.15) is 0 Å². The second-order valence-electron chi connectivity index (χ2n) is 11.4. The highest BCUT2D eigenvalue weighted by molar-refractivity contribution is 9.10. The molecule has 6 nitrogen and oxygen atoms in total. The normalized spacial score (nSPS) is 13.6. The van der Waals surface area contributed by atoms with Crippen LogP contribution in [-0.4, -0.2) is 28.5 Å². The van der Waals surface area contributed by atoms with E-state index in [4.69, 9.17) is 10.7 Å². The summed E-state index contributed by atoms with van der Waals surface area (Å²) in [6.45, 7) is 6.57. The predicted octanol–water partition coefficient (Wildman–Crippen LogP) is 7.22. The highest BCUT2D eigenvalue weighted by Gasteiger charge is 2.19. The molecule has 0 atom stereocenters. The van der Waals surface area contributed by atoms with E-state index < -0.39 is 0 Å². The SMILES string of the molecule is C=Cc1nc(-c2cn(C)c3ccc(Br)cc23)cc(C(=O)NCc2ccc(CN)cc2)c1C=CC#CCNCC1CCCCC1. The van der Waals surface area contributed by atoms with Gasteiger partial charge in [0.15, 0.2) is 0 Å². The van der Waals surface area contributed by atoms with Gasteiger partial charge in [-0.1, -0.05) is 77.9 Å². The number of aromatic nitrogens is 2. The number of allylic oxidation sites excluding steroid dienone is 1. The van der Waals surface area contributed by atoms with E-state index in [0.29, 0.717) is 42.1 Å². The highest BCUT2D eigenvalue weighted by Crippen LogP contribution is 2.33. The first-order valence-corrected chi connectivity index (χ1v) is 16.1. The Morgan fingerprint density at radius 3 is 2.66 bits per heavy atom. The predicted molar refractivity (Wildman–Crippen MR) is 186 cm³/mol. The zero-order chi connectivity index (χ0) is 30.9. The van der Waals surface area contributed by atoms with Crippen molar-refractivity contribution in [3.05, 3.63) is 99.8 Å². The Kier molecular flexibility index (Phi) is 10.8. The summed E-state index contributed by atoms with van der Waals surface area (Å²) in [6.07, 6.45) is 14.1. The van der Waals surface area contributed by atoms with Gasteiger partial charge in [0.1, 0.15) is 0 Å². The molecule has 5 rings (SSSR count). The topological polar surface area (TPSA) is 85.0 Å². The van der Waals surface area contributed by atoms with Gasteiger partial charge in [0, 0.05) is 52.8 Å². The van der Waals surface area contributed by atoms with Crippen LogP contribution in [0.1, 0.15) is 64.8 Å². The smallest absolute Gasteiger partial charge is 0.252 e. The Labute approximate surface area is 269 Å². The van der Waals surface area contributed by atoms with Crippen molar-refractivity contribution in [1.82, 2.24) is 20.2 Å². The van der Waals surface area contributed by atoms with Crippen LogP contribution >= 0.6 is 15.9 Å². The molecule has 1 amide bonds. The van der Waals surface area contributed by atoms with Gasteiger partial charge in [-0.3, -0.25) is 4.79 Å². The Balaban J connectivity index is 1.43. The monoisotopic (exact) mass is 649 g/mol. The average Bonchev–Trinajstić information content (AvgIpc) is 3.38. The number of benzene rings is 2. The third kappa shape index (κ3) is 7.75. The first kappa shape index (κ1) is 31.5. The van der Waals surface area contributed by atoms with E-state index in [1.54, 1.807) is 12.2 Å². The van der Waals surface area contributed by atoms with Gasteiger partial charge >= 0.3 is 0 Å². The summed E-state index contributed by atoms with van der Waals surface area (Å²) in [7, 11) is 2.01. The van der Waals surface area contributed by atoms with Crippen molar-refractivity contribution >= 4 is 44.9 Å². The molecule has 1 aliphatic rings. The molecule has 0 bridgehead atoms. The zero-order valence-corrected chi connectivity index (χ0v) is 26.9. The first-order valence-electron chi connectivity index (χ1n) is 15.3. The van der Waals surface area contributed by atoms with E-state index in [2.05, 4.69) is 61.7 Å². The number of carbonyl (C=O) groups excluding carboxylic acids is 1. The van der Waals surface area contributed by atoms with E-state index >= 15 is 0 Å². The van der Waals surface area contributed by atoms with Gasteiger partial charge in [-0.15, -0.1) is 0 Å². The van der Waals surface area contributed by atoms with Crippen LogP contribution in [0, 0.1) is 17.8 Å².